The van der Waals surface area contributed by atoms with Crippen molar-refractivity contribution in [3.63, 3.8) is 0 Å². The van der Waals surface area contributed by atoms with Crippen molar-refractivity contribution in [3.05, 3.63) is 28.2 Å². The molecule has 0 radical (unpaired) electrons. The van der Waals surface area contributed by atoms with Gasteiger partial charge in [0, 0.05) is 22.3 Å². The second-order valence-electron chi connectivity index (χ2n) is 4.47. The number of benzene rings is 1. The van der Waals surface area contributed by atoms with Crippen LogP contribution in [-0.4, -0.2) is 23.7 Å². The van der Waals surface area contributed by atoms with Crippen LogP contribution >= 0.6 is 15.9 Å². The molecule has 0 atom stereocenters. The molecule has 0 heterocycles. The zero-order valence-corrected chi connectivity index (χ0v) is 10.9. The summed E-state index contributed by atoms with van der Waals surface area (Å²) in [6, 6.07) is 5.14. The smallest absolute Gasteiger partial charge is 0.251 e. The summed E-state index contributed by atoms with van der Waals surface area (Å²) in [5.41, 5.74) is 6.78. The van der Waals surface area contributed by atoms with Crippen LogP contribution in [0.3, 0.4) is 0 Å². The standard InChI is InChI=1S/C12H15BrN2O2/c13-9-3-8(4-10(14)5-9)12(17)15-6-7-1-11(16)2-7/h3-5,7,11,16H,1-2,6,14H2,(H,15,17). The van der Waals surface area contributed by atoms with Crippen molar-refractivity contribution in [3.8, 4) is 0 Å². The van der Waals surface area contributed by atoms with Crippen molar-refractivity contribution in [1.82, 2.24) is 5.32 Å². The van der Waals surface area contributed by atoms with Crippen LogP contribution in [0.5, 0.6) is 0 Å². The van der Waals surface area contributed by atoms with Gasteiger partial charge in [0.25, 0.3) is 5.91 Å². The number of anilines is 1. The Labute approximate surface area is 108 Å². The normalized spacial score (nSPS) is 22.9. The molecule has 4 N–H and O–H groups in total. The van der Waals surface area contributed by atoms with Crippen LogP contribution in [0.15, 0.2) is 22.7 Å². The van der Waals surface area contributed by atoms with Crippen molar-refractivity contribution in [2.45, 2.75) is 18.9 Å². The Morgan fingerprint density at radius 1 is 1.47 bits per heavy atom. The Hall–Kier alpha value is -1.07. The minimum Gasteiger partial charge on any atom is -0.399 e. The first-order chi connectivity index (χ1) is 8.04. The number of nitrogen functional groups attached to an aromatic ring is 1. The van der Waals surface area contributed by atoms with Gasteiger partial charge in [-0.15, -0.1) is 0 Å². The van der Waals surface area contributed by atoms with E-state index in [1.165, 1.54) is 0 Å². The summed E-state index contributed by atoms with van der Waals surface area (Å²) >= 11 is 3.30. The van der Waals surface area contributed by atoms with E-state index in [0.717, 1.165) is 17.3 Å². The molecule has 92 valence electrons. The highest BCUT2D eigenvalue weighted by molar-refractivity contribution is 9.10. The van der Waals surface area contributed by atoms with Crippen LogP contribution in [0.4, 0.5) is 5.69 Å². The van der Waals surface area contributed by atoms with E-state index in [2.05, 4.69) is 21.2 Å². The quantitative estimate of drug-likeness (QED) is 0.741. The lowest BCUT2D eigenvalue weighted by Gasteiger charge is -2.31. The highest BCUT2D eigenvalue weighted by atomic mass is 79.9. The molecule has 4 nitrogen and oxygen atoms in total. The van der Waals surface area contributed by atoms with Gasteiger partial charge < -0.3 is 16.2 Å². The first kappa shape index (κ1) is 12.4. The number of nitrogens with one attached hydrogen (secondary N) is 1. The van der Waals surface area contributed by atoms with Crippen molar-refractivity contribution < 1.29 is 9.90 Å². The third-order valence-corrected chi connectivity index (χ3v) is 3.40. The molecule has 1 aliphatic rings. The highest BCUT2D eigenvalue weighted by Gasteiger charge is 2.27. The Kier molecular flexibility index (Phi) is 3.69. The molecular weight excluding hydrogens is 284 g/mol. The molecule has 1 aromatic rings. The fourth-order valence-corrected chi connectivity index (χ4v) is 2.46. The maximum absolute atomic E-state index is 11.8. The topological polar surface area (TPSA) is 75.4 Å². The Morgan fingerprint density at radius 3 is 2.76 bits per heavy atom. The van der Waals surface area contributed by atoms with E-state index >= 15 is 0 Å². The second-order valence-corrected chi connectivity index (χ2v) is 5.39. The molecule has 1 aromatic carbocycles. The summed E-state index contributed by atoms with van der Waals surface area (Å²) in [7, 11) is 0. The number of rotatable bonds is 3. The van der Waals surface area contributed by atoms with E-state index in [-0.39, 0.29) is 12.0 Å². The van der Waals surface area contributed by atoms with Crippen LogP contribution in [0.2, 0.25) is 0 Å². The number of aliphatic hydroxyl groups is 1. The van der Waals surface area contributed by atoms with Gasteiger partial charge >= 0.3 is 0 Å². The number of hydrogen-bond acceptors (Lipinski definition) is 3. The number of hydrogen-bond donors (Lipinski definition) is 3. The summed E-state index contributed by atoms with van der Waals surface area (Å²) in [5, 5.41) is 12.0. The predicted octanol–water partition coefficient (Wildman–Crippen LogP) is 1.53. The fourth-order valence-electron chi connectivity index (χ4n) is 1.95. The fraction of sp³-hybridized carbons (Fsp3) is 0.417. The summed E-state index contributed by atoms with van der Waals surface area (Å²) in [5.74, 6) is 0.276. The average molecular weight is 299 g/mol. The first-order valence-corrected chi connectivity index (χ1v) is 6.36. The van der Waals surface area contributed by atoms with Crippen LogP contribution < -0.4 is 11.1 Å². The number of aliphatic hydroxyl groups excluding tert-OH is 1. The molecule has 0 aliphatic heterocycles. The molecule has 0 aromatic heterocycles. The van der Waals surface area contributed by atoms with E-state index in [0.29, 0.717) is 23.7 Å². The van der Waals surface area contributed by atoms with Gasteiger partial charge in [-0.3, -0.25) is 4.79 Å². The lowest BCUT2D eigenvalue weighted by Crippen LogP contribution is -2.38. The minimum atomic E-state index is -0.182. The maximum Gasteiger partial charge on any atom is 0.251 e. The van der Waals surface area contributed by atoms with Gasteiger partial charge in [0.05, 0.1) is 6.10 Å². The third-order valence-electron chi connectivity index (χ3n) is 2.94. The number of amides is 1. The second kappa shape index (κ2) is 5.06. The molecule has 0 bridgehead atoms. The van der Waals surface area contributed by atoms with Crippen LogP contribution in [0.1, 0.15) is 23.2 Å². The van der Waals surface area contributed by atoms with Crippen molar-refractivity contribution in [2.75, 3.05) is 12.3 Å². The molecule has 17 heavy (non-hydrogen) atoms. The van der Waals surface area contributed by atoms with Gasteiger partial charge in [-0.05, 0) is 37.0 Å². The number of halogens is 1. The molecule has 0 saturated heterocycles. The van der Waals surface area contributed by atoms with Gasteiger partial charge in [0.1, 0.15) is 0 Å². The monoisotopic (exact) mass is 298 g/mol. The maximum atomic E-state index is 11.8. The van der Waals surface area contributed by atoms with Gasteiger partial charge in [-0.2, -0.15) is 0 Å². The Morgan fingerprint density at radius 2 is 2.18 bits per heavy atom. The van der Waals surface area contributed by atoms with E-state index in [1.807, 2.05) is 0 Å². The molecule has 1 saturated carbocycles. The zero-order valence-electron chi connectivity index (χ0n) is 9.32. The molecule has 1 fully saturated rings. The third kappa shape index (κ3) is 3.20. The predicted molar refractivity (Wildman–Crippen MR) is 69.6 cm³/mol. The average Bonchev–Trinajstić information content (AvgIpc) is 2.21. The molecule has 5 heteroatoms. The largest absolute Gasteiger partial charge is 0.399 e. The summed E-state index contributed by atoms with van der Waals surface area (Å²) < 4.78 is 0.793. The molecule has 0 unspecified atom stereocenters. The molecular formula is C12H15BrN2O2. The van der Waals surface area contributed by atoms with Crippen molar-refractivity contribution in [2.24, 2.45) is 5.92 Å². The molecule has 1 aliphatic carbocycles. The van der Waals surface area contributed by atoms with E-state index in [9.17, 15) is 4.79 Å². The Balaban J connectivity index is 1.90. The number of carbonyl (C=O) groups is 1. The molecule has 2 rings (SSSR count). The summed E-state index contributed by atoms with van der Waals surface area (Å²) in [6.07, 6.45) is 1.38. The van der Waals surface area contributed by atoms with E-state index in [4.69, 9.17) is 10.8 Å². The number of nitrogens with two attached hydrogens (primary N) is 1. The minimum absolute atomic E-state index is 0.126. The molecule has 0 spiro atoms. The highest BCUT2D eigenvalue weighted by Crippen LogP contribution is 2.26. The van der Waals surface area contributed by atoms with Crippen molar-refractivity contribution in [1.29, 1.82) is 0 Å². The Bertz CT molecular complexity index is 410. The van der Waals surface area contributed by atoms with E-state index in [1.54, 1.807) is 18.2 Å². The number of carbonyl (C=O) groups excluding carboxylic acids is 1. The van der Waals surface area contributed by atoms with Gasteiger partial charge in [-0.25, -0.2) is 0 Å². The van der Waals surface area contributed by atoms with Gasteiger partial charge in [0.15, 0.2) is 0 Å². The summed E-state index contributed by atoms with van der Waals surface area (Å²) in [6.45, 7) is 0.613. The van der Waals surface area contributed by atoms with Crippen molar-refractivity contribution >= 4 is 27.5 Å². The van der Waals surface area contributed by atoms with E-state index < -0.39 is 0 Å². The lowest BCUT2D eigenvalue weighted by molar-refractivity contribution is 0.0420. The SMILES string of the molecule is Nc1cc(Br)cc(C(=O)NCC2CC(O)C2)c1. The zero-order chi connectivity index (χ0) is 12.4. The molecule has 1 amide bonds. The van der Waals surface area contributed by atoms with Crippen LogP contribution in [-0.2, 0) is 0 Å². The van der Waals surface area contributed by atoms with Crippen LogP contribution in [0, 0.1) is 5.92 Å². The van der Waals surface area contributed by atoms with Crippen LogP contribution in [0.25, 0.3) is 0 Å². The van der Waals surface area contributed by atoms with Gasteiger partial charge in [-0.1, -0.05) is 15.9 Å². The first-order valence-electron chi connectivity index (χ1n) is 5.57. The lowest BCUT2D eigenvalue weighted by atomic mass is 9.82. The van der Waals surface area contributed by atoms with Gasteiger partial charge in [0.2, 0.25) is 0 Å². The summed E-state index contributed by atoms with van der Waals surface area (Å²) in [4.78, 5) is 11.8.